The molecule has 3 fully saturated rings. The number of carbonyl (C=O) groups excluding carboxylic acids is 3. The Morgan fingerprint density at radius 2 is 1.76 bits per heavy atom. The minimum absolute atomic E-state index is 0.0411. The molecule has 324 valence electrons. The van der Waals surface area contributed by atoms with Crippen LogP contribution in [-0.2, 0) is 54.2 Å². The number of nitrogen functional groups attached to an aromatic ring is 1. The Labute approximate surface area is 341 Å². The largest absolute Gasteiger partial charge is 0.458 e. The summed E-state index contributed by atoms with van der Waals surface area (Å²) in [4.78, 5) is 55.5. The molecule has 0 radical (unpaired) electrons. The smallest absolute Gasteiger partial charge is 0.319 e. The van der Waals surface area contributed by atoms with Gasteiger partial charge in [0.2, 0.25) is 0 Å². The fourth-order valence-corrected chi connectivity index (χ4v) is 8.91. The van der Waals surface area contributed by atoms with Crippen molar-refractivity contribution in [3.63, 3.8) is 0 Å². The highest BCUT2D eigenvalue weighted by Gasteiger charge is 2.55. The molecule has 3 aliphatic rings. The number of esters is 1. The summed E-state index contributed by atoms with van der Waals surface area (Å²) in [7, 11) is 5.50. The van der Waals surface area contributed by atoms with Gasteiger partial charge in [0, 0.05) is 30.9 Å². The molecule has 0 unspecified atom stereocenters. The Morgan fingerprint density at radius 1 is 1.05 bits per heavy atom. The van der Waals surface area contributed by atoms with Gasteiger partial charge in [-0.1, -0.05) is 38.9 Å². The maximum atomic E-state index is 14.8. The second-order valence-electron chi connectivity index (χ2n) is 17.6. The molecule has 3 aliphatic heterocycles. The first kappa shape index (κ1) is 45.6. The number of aliphatic hydroxyl groups is 1. The lowest BCUT2D eigenvalue weighted by Gasteiger charge is -2.48. The molecule has 4 heterocycles. The van der Waals surface area contributed by atoms with Crippen LogP contribution in [-0.4, -0.2) is 127 Å². The molecule has 16 heteroatoms. The highest BCUT2D eigenvalue weighted by Crippen LogP contribution is 2.41. The van der Waals surface area contributed by atoms with Gasteiger partial charge >= 0.3 is 5.97 Å². The number of nitrogens with two attached hydrogens (primary N) is 1. The van der Waals surface area contributed by atoms with Crippen LogP contribution in [0.2, 0.25) is 0 Å². The normalized spacial score (nSPS) is 37.6. The molecular weight excluding hydrogens is 752 g/mol. The number of carbonyl (C=O) groups is 3. The topological polar surface area (TPSA) is 204 Å². The Bertz CT molecular complexity index is 1810. The van der Waals surface area contributed by atoms with Crippen molar-refractivity contribution in [3.05, 3.63) is 23.8 Å². The first-order chi connectivity index (χ1) is 27.1. The van der Waals surface area contributed by atoms with E-state index < -0.39 is 76.8 Å². The van der Waals surface area contributed by atoms with E-state index in [-0.39, 0.29) is 62.3 Å². The molecule has 12 atom stereocenters. The van der Waals surface area contributed by atoms with E-state index in [1.54, 1.807) is 59.9 Å². The highest BCUT2D eigenvalue weighted by molar-refractivity contribution is 6.04. The third kappa shape index (κ3) is 9.43. The first-order valence-corrected chi connectivity index (χ1v) is 20.2. The number of anilines is 1. The van der Waals surface area contributed by atoms with Gasteiger partial charge in [-0.05, 0) is 85.7 Å². The molecule has 3 saturated heterocycles. The zero-order valence-corrected chi connectivity index (χ0v) is 36.1. The van der Waals surface area contributed by atoms with Crippen molar-refractivity contribution in [2.24, 2.45) is 28.3 Å². The summed E-state index contributed by atoms with van der Waals surface area (Å²) >= 11 is 0. The molecule has 2 aromatic rings. The average Bonchev–Trinajstić information content (AvgIpc) is 3.54. The van der Waals surface area contributed by atoms with Crippen LogP contribution in [0.15, 0.2) is 27.8 Å². The van der Waals surface area contributed by atoms with Crippen molar-refractivity contribution in [2.75, 3.05) is 40.2 Å². The number of cyclic esters (lactones) is 1. The van der Waals surface area contributed by atoms with Crippen molar-refractivity contribution < 1.29 is 57.2 Å². The molecule has 1 aromatic heterocycles. The number of methoxy groups -OCH3 is 1. The zero-order valence-electron chi connectivity index (χ0n) is 36.1. The van der Waals surface area contributed by atoms with Crippen LogP contribution in [0.4, 0.5) is 6.01 Å². The lowest BCUT2D eigenvalue weighted by Crippen LogP contribution is -2.61. The number of oxime groups is 1. The fourth-order valence-electron chi connectivity index (χ4n) is 8.91. The van der Waals surface area contributed by atoms with Gasteiger partial charge in [-0.25, -0.2) is 0 Å². The predicted octanol–water partition coefficient (Wildman–Crippen LogP) is 4.47. The summed E-state index contributed by atoms with van der Waals surface area (Å²) in [6.07, 6.45) is -4.26. The number of hydrogen-bond donors (Lipinski definition) is 2. The molecule has 3 N–H and O–H groups in total. The number of Topliss-reactive ketones (excluding diaryl/α,β-unsaturated/α-hetero) is 2. The summed E-state index contributed by atoms with van der Waals surface area (Å²) in [6, 6.07) is 5.27. The number of likely N-dealkylation sites (N-methyl/N-ethyl adjacent to an activating group) is 1. The monoisotopic (exact) mass is 816 g/mol. The highest BCUT2D eigenvalue weighted by atomic mass is 16.7. The molecule has 1 aromatic carbocycles. The Balaban J connectivity index is 1.63. The fraction of sp³-hybridized carbons (Fsp3) is 0.738. The molecule has 5 rings (SSSR count). The van der Waals surface area contributed by atoms with Crippen LogP contribution in [0.5, 0.6) is 0 Å². The van der Waals surface area contributed by atoms with Crippen LogP contribution in [0, 0.1) is 23.2 Å². The van der Waals surface area contributed by atoms with Crippen LogP contribution < -0.4 is 5.73 Å². The van der Waals surface area contributed by atoms with E-state index in [4.69, 9.17) is 43.4 Å². The molecule has 2 bridgehead atoms. The second kappa shape index (κ2) is 18.0. The lowest BCUT2D eigenvalue weighted by molar-refractivity contribution is -0.300. The average molecular weight is 817 g/mol. The third-order valence-electron chi connectivity index (χ3n) is 12.2. The summed E-state index contributed by atoms with van der Waals surface area (Å²) in [5, 5.41) is 16.7. The van der Waals surface area contributed by atoms with Gasteiger partial charge in [0.1, 0.15) is 46.8 Å². The number of ketones is 2. The number of ether oxygens (including phenoxy) is 6. The number of hydrogen-bond acceptors (Lipinski definition) is 16. The van der Waals surface area contributed by atoms with Crippen LogP contribution >= 0.6 is 0 Å². The van der Waals surface area contributed by atoms with Crippen molar-refractivity contribution in [2.45, 2.75) is 142 Å². The number of oxazole rings is 1. The minimum atomic E-state index is -1.88. The van der Waals surface area contributed by atoms with E-state index in [9.17, 15) is 19.5 Å². The van der Waals surface area contributed by atoms with Gasteiger partial charge in [0.15, 0.2) is 17.7 Å². The van der Waals surface area contributed by atoms with Crippen molar-refractivity contribution in [1.29, 1.82) is 0 Å². The van der Waals surface area contributed by atoms with Crippen LogP contribution in [0.3, 0.4) is 0 Å². The predicted molar refractivity (Wildman–Crippen MR) is 214 cm³/mol. The van der Waals surface area contributed by atoms with E-state index in [0.29, 0.717) is 17.5 Å². The van der Waals surface area contributed by atoms with E-state index in [2.05, 4.69) is 15.0 Å². The maximum Gasteiger partial charge on any atom is 0.319 e. The lowest BCUT2D eigenvalue weighted by atomic mass is 9.72. The molecule has 0 saturated carbocycles. The summed E-state index contributed by atoms with van der Waals surface area (Å²) in [5.41, 5.74) is 2.89. The van der Waals surface area contributed by atoms with Crippen LogP contribution in [0.25, 0.3) is 11.1 Å². The summed E-state index contributed by atoms with van der Waals surface area (Å²) in [6.45, 7) is 14.8. The summed E-state index contributed by atoms with van der Waals surface area (Å²) in [5.74, 6) is -4.12. The Kier molecular flexibility index (Phi) is 14.1. The molecular formula is C42H64N4O12. The standard InChI is InChI=1S/C42H64N4O12/c1-13-31-42(9,50)36-24(4)32(47)22(2)18-41(8,53-21-27(20-52-36)45-54-19-26-14-15-30-28(17-26)44-39(43)56-30)35(25(5)34(48)40(6,7)38(49)57-31)58-37-33(51-12)29(46(10)11)16-23(3)55-37/h14-15,17,22-25,29,31,33,35-37,50H,13,16,18-21H2,1-12H3,(H2,43,44)/b45-27-/t22-,23-,24+,25+,29+,31-,33-,35-,36-,37+,41-,42-/m1/s1. The van der Waals surface area contributed by atoms with Gasteiger partial charge in [-0.2, -0.15) is 4.98 Å². The summed E-state index contributed by atoms with van der Waals surface area (Å²) < 4.78 is 44.1. The van der Waals surface area contributed by atoms with Gasteiger partial charge in [0.05, 0.1) is 37.1 Å². The number of aromatic nitrogens is 1. The number of fused-ring (bicyclic) bond motifs is 6. The molecule has 16 nitrogen and oxygen atoms in total. The minimum Gasteiger partial charge on any atom is -0.458 e. The van der Waals surface area contributed by atoms with E-state index >= 15 is 0 Å². The van der Waals surface area contributed by atoms with Crippen molar-refractivity contribution in [1.82, 2.24) is 9.88 Å². The SMILES string of the molecule is CC[C@H]1OC(=O)C(C)(C)C(=O)[C@H](C)[C@@H](O[C@@H]2O[C@H](C)C[C@H](N(C)C)[C@H]2OC)[C@@]2(C)C[C@@H](C)C(=O)[C@H](C)[C@@H](OC/C(=N/OCc3ccc4oc(N)nc4c3)CO2)[C@]1(C)O. The van der Waals surface area contributed by atoms with Gasteiger partial charge < -0.3 is 53.4 Å². The molecule has 0 aliphatic carbocycles. The van der Waals surface area contributed by atoms with E-state index in [1.165, 1.54) is 20.8 Å². The molecule has 0 amide bonds. The van der Waals surface area contributed by atoms with Gasteiger partial charge in [0.25, 0.3) is 6.01 Å². The van der Waals surface area contributed by atoms with Crippen molar-refractivity contribution in [3.8, 4) is 0 Å². The number of nitrogens with zero attached hydrogens (tertiary/aromatic N) is 3. The van der Waals surface area contributed by atoms with Crippen LogP contribution in [0.1, 0.15) is 87.1 Å². The molecule has 0 spiro atoms. The third-order valence-corrected chi connectivity index (χ3v) is 12.2. The maximum absolute atomic E-state index is 14.8. The molecule has 58 heavy (non-hydrogen) atoms. The number of rotatable bonds is 8. The van der Waals surface area contributed by atoms with Gasteiger partial charge in [-0.15, -0.1) is 0 Å². The van der Waals surface area contributed by atoms with Gasteiger partial charge in [-0.3, -0.25) is 14.4 Å². The zero-order chi connectivity index (χ0) is 42.9. The quantitative estimate of drug-likeness (QED) is 0.214. The Morgan fingerprint density at radius 3 is 2.41 bits per heavy atom. The Hall–Kier alpha value is -3.51. The number of benzene rings is 1. The van der Waals surface area contributed by atoms with E-state index in [1.807, 2.05) is 21.0 Å². The second-order valence-corrected chi connectivity index (χ2v) is 17.6. The first-order valence-electron chi connectivity index (χ1n) is 20.2. The van der Waals surface area contributed by atoms with Crippen molar-refractivity contribution >= 4 is 40.4 Å². The van der Waals surface area contributed by atoms with E-state index in [0.717, 1.165) is 5.56 Å².